The number of anilines is 1. The van der Waals surface area contributed by atoms with Crippen LogP contribution in [0.3, 0.4) is 0 Å². The number of nitrogens with two attached hydrogens (primary N) is 1. The van der Waals surface area contributed by atoms with Crippen molar-refractivity contribution in [2.45, 2.75) is 6.92 Å². The number of azo groups is 1. The number of nitrogens with zero attached hydrogens (tertiary/aromatic N) is 4. The second kappa shape index (κ2) is 6.61. The van der Waals surface area contributed by atoms with Gasteiger partial charge in [-0.05, 0) is 43.3 Å². The number of rotatable bonds is 4. The normalized spacial score (nSPS) is 12.0. The van der Waals surface area contributed by atoms with E-state index in [0.717, 1.165) is 10.2 Å². The van der Waals surface area contributed by atoms with Gasteiger partial charge in [0.05, 0.1) is 38.2 Å². The summed E-state index contributed by atoms with van der Waals surface area (Å²) in [6.45, 7) is 1.80. The number of aromatic amines is 1. The van der Waals surface area contributed by atoms with Crippen LogP contribution in [0.1, 0.15) is 5.69 Å². The average molecular weight is 351 g/mol. The van der Waals surface area contributed by atoms with Gasteiger partial charge in [-0.1, -0.05) is 0 Å². The van der Waals surface area contributed by atoms with E-state index in [1.54, 1.807) is 31.2 Å². The van der Waals surface area contributed by atoms with Crippen LogP contribution in [0.2, 0.25) is 0 Å². The molecule has 0 amide bonds. The lowest BCUT2D eigenvalue weighted by Gasteiger charge is -2.23. The molecular formula is C19H23N6O+. The molecule has 1 heterocycles. The first kappa shape index (κ1) is 17.6. The third-order valence-corrected chi connectivity index (χ3v) is 4.08. The summed E-state index contributed by atoms with van der Waals surface area (Å²) < 4.78 is 2.16. The van der Waals surface area contributed by atoms with Crippen LogP contribution in [0.4, 0.5) is 22.7 Å². The summed E-state index contributed by atoms with van der Waals surface area (Å²) in [5.74, 6) is 0. The molecule has 0 aliphatic rings. The lowest BCUT2D eigenvalue weighted by molar-refractivity contribution is 0.486. The van der Waals surface area contributed by atoms with Crippen molar-refractivity contribution in [2.75, 3.05) is 26.9 Å². The van der Waals surface area contributed by atoms with Crippen molar-refractivity contribution in [3.63, 3.8) is 0 Å². The van der Waals surface area contributed by atoms with Crippen LogP contribution in [0.5, 0.6) is 0 Å². The van der Waals surface area contributed by atoms with Gasteiger partial charge in [0.15, 0.2) is 5.69 Å². The highest BCUT2D eigenvalue weighted by Crippen LogP contribution is 2.23. The first-order valence-corrected chi connectivity index (χ1v) is 8.27. The molecule has 2 aromatic carbocycles. The van der Waals surface area contributed by atoms with Crippen LogP contribution in [0, 0.1) is 6.92 Å². The Morgan fingerprint density at radius 3 is 2.15 bits per heavy atom. The number of aromatic nitrogens is 2. The van der Waals surface area contributed by atoms with Crippen molar-refractivity contribution < 1.29 is 0 Å². The third kappa shape index (κ3) is 3.57. The Balaban J connectivity index is 1.90. The molecule has 26 heavy (non-hydrogen) atoms. The number of aryl methyl sites for hydroxylation is 1. The number of quaternary nitrogens is 1. The largest absolute Gasteiger partial charge is 0.399 e. The minimum atomic E-state index is -0.251. The lowest BCUT2D eigenvalue weighted by atomic mass is 10.2. The van der Waals surface area contributed by atoms with E-state index >= 15 is 0 Å². The first-order valence-electron chi connectivity index (χ1n) is 8.27. The standard InChI is InChI=1S/C19H22N6O/c1-13-18(19(26)24(23-13)16-9-5-14(20)6-10-16)22-21-15-7-11-17(12-8-15)25(2,3)4/h5-12H,20H2,1-4H3/p+1. The fourth-order valence-electron chi connectivity index (χ4n) is 2.53. The molecule has 0 saturated heterocycles. The van der Waals surface area contributed by atoms with Gasteiger partial charge in [0.1, 0.15) is 5.69 Å². The summed E-state index contributed by atoms with van der Waals surface area (Å²) in [5.41, 5.74) is 9.58. The molecule has 7 nitrogen and oxygen atoms in total. The van der Waals surface area contributed by atoms with Crippen LogP contribution in [0.15, 0.2) is 63.6 Å². The van der Waals surface area contributed by atoms with Crippen molar-refractivity contribution >= 4 is 22.7 Å². The summed E-state index contributed by atoms with van der Waals surface area (Å²) in [7, 11) is 6.29. The molecule has 0 radical (unpaired) electrons. The van der Waals surface area contributed by atoms with Gasteiger partial charge in [0, 0.05) is 17.8 Å². The molecule has 0 atom stereocenters. The molecule has 0 unspecified atom stereocenters. The minimum Gasteiger partial charge on any atom is -0.399 e. The maximum atomic E-state index is 12.6. The van der Waals surface area contributed by atoms with Crippen molar-refractivity contribution in [1.29, 1.82) is 0 Å². The van der Waals surface area contributed by atoms with Crippen molar-refractivity contribution in [1.82, 2.24) is 14.3 Å². The Bertz CT molecular complexity index is 988. The quantitative estimate of drug-likeness (QED) is 0.427. The molecule has 1 aromatic heterocycles. The van der Waals surface area contributed by atoms with E-state index in [1.807, 2.05) is 24.3 Å². The summed E-state index contributed by atoms with van der Waals surface area (Å²) in [6.07, 6.45) is 0. The highest BCUT2D eigenvalue weighted by atomic mass is 16.1. The van der Waals surface area contributed by atoms with Gasteiger partial charge in [-0.25, -0.2) is 4.68 Å². The second-order valence-electron chi connectivity index (χ2n) is 7.05. The zero-order valence-corrected chi connectivity index (χ0v) is 15.4. The maximum absolute atomic E-state index is 12.6. The van der Waals surface area contributed by atoms with Gasteiger partial charge in [-0.3, -0.25) is 14.4 Å². The van der Waals surface area contributed by atoms with Crippen LogP contribution < -0.4 is 15.8 Å². The molecule has 0 saturated carbocycles. The molecule has 3 aromatic rings. The van der Waals surface area contributed by atoms with Crippen molar-refractivity contribution in [3.05, 3.63) is 64.6 Å². The summed E-state index contributed by atoms with van der Waals surface area (Å²) in [4.78, 5) is 12.6. The fourth-order valence-corrected chi connectivity index (χ4v) is 2.53. The number of hydrogen-bond acceptors (Lipinski definition) is 4. The van der Waals surface area contributed by atoms with Gasteiger partial charge >= 0.3 is 0 Å². The molecule has 0 aliphatic carbocycles. The van der Waals surface area contributed by atoms with Gasteiger partial charge in [0.2, 0.25) is 0 Å². The number of nitrogen functional groups attached to an aromatic ring is 1. The Morgan fingerprint density at radius 2 is 1.58 bits per heavy atom. The molecule has 0 spiro atoms. The Labute approximate surface area is 152 Å². The Hall–Kier alpha value is -3.19. The SMILES string of the molecule is Cc1[nH]n(-c2ccc(N)cc2)c(=O)c1N=Nc1ccc([N+](C)(C)C)cc1. The Morgan fingerprint density at radius 1 is 0.962 bits per heavy atom. The van der Waals surface area contributed by atoms with Gasteiger partial charge in [-0.15, -0.1) is 5.11 Å². The third-order valence-electron chi connectivity index (χ3n) is 4.08. The summed E-state index contributed by atoms with van der Waals surface area (Å²) in [6, 6.07) is 14.8. The number of hydrogen-bond donors (Lipinski definition) is 2. The molecule has 134 valence electrons. The topological polar surface area (TPSA) is 88.5 Å². The highest BCUT2D eigenvalue weighted by Gasteiger charge is 2.13. The monoisotopic (exact) mass is 351 g/mol. The average Bonchev–Trinajstić information content (AvgIpc) is 2.88. The Kier molecular flexibility index (Phi) is 4.48. The fraction of sp³-hybridized carbons (Fsp3) is 0.211. The molecule has 0 fully saturated rings. The molecular weight excluding hydrogens is 328 g/mol. The van der Waals surface area contributed by atoms with Crippen LogP contribution in [0.25, 0.3) is 5.69 Å². The number of nitrogens with one attached hydrogen (secondary N) is 1. The number of benzene rings is 2. The van der Waals surface area contributed by atoms with E-state index < -0.39 is 0 Å². The lowest BCUT2D eigenvalue weighted by Crippen LogP contribution is -2.34. The zero-order chi connectivity index (χ0) is 18.9. The van der Waals surface area contributed by atoms with Crippen molar-refractivity contribution in [2.24, 2.45) is 10.2 Å². The molecule has 3 N–H and O–H groups in total. The zero-order valence-electron chi connectivity index (χ0n) is 15.4. The maximum Gasteiger partial charge on any atom is 0.299 e. The predicted octanol–water partition coefficient (Wildman–Crippen LogP) is 3.67. The second-order valence-corrected chi connectivity index (χ2v) is 7.05. The summed E-state index contributed by atoms with van der Waals surface area (Å²) >= 11 is 0. The number of H-pyrrole nitrogens is 1. The predicted molar refractivity (Wildman–Crippen MR) is 106 cm³/mol. The van der Waals surface area contributed by atoms with Gasteiger partial charge < -0.3 is 5.73 Å². The van der Waals surface area contributed by atoms with Crippen LogP contribution >= 0.6 is 0 Å². The summed E-state index contributed by atoms with van der Waals surface area (Å²) in [5, 5.41) is 11.4. The highest BCUT2D eigenvalue weighted by molar-refractivity contribution is 5.51. The molecule has 0 aliphatic heterocycles. The van der Waals surface area contributed by atoms with Crippen LogP contribution in [-0.4, -0.2) is 30.9 Å². The van der Waals surface area contributed by atoms with E-state index in [-0.39, 0.29) is 11.2 Å². The minimum absolute atomic E-state index is 0.251. The first-order chi connectivity index (χ1) is 12.3. The smallest absolute Gasteiger partial charge is 0.299 e. The van der Waals surface area contributed by atoms with Crippen molar-refractivity contribution in [3.8, 4) is 5.69 Å². The molecule has 0 bridgehead atoms. The molecule has 7 heteroatoms. The van der Waals surface area contributed by atoms with E-state index in [1.165, 1.54) is 4.68 Å². The van der Waals surface area contributed by atoms with Gasteiger partial charge in [-0.2, -0.15) is 5.11 Å². The van der Waals surface area contributed by atoms with Gasteiger partial charge in [0.25, 0.3) is 5.56 Å². The van der Waals surface area contributed by atoms with E-state index in [4.69, 9.17) is 5.73 Å². The molecule has 3 rings (SSSR count). The van der Waals surface area contributed by atoms with E-state index in [2.05, 4.69) is 36.5 Å². The van der Waals surface area contributed by atoms with Crippen LogP contribution in [-0.2, 0) is 0 Å². The van der Waals surface area contributed by atoms with E-state index in [9.17, 15) is 4.79 Å². The van der Waals surface area contributed by atoms with E-state index in [0.29, 0.717) is 22.8 Å².